The fourth-order valence-corrected chi connectivity index (χ4v) is 2.75. The molecule has 0 aliphatic rings. The number of aromatic nitrogens is 3. The highest BCUT2D eigenvalue weighted by Crippen LogP contribution is 2.14. The van der Waals surface area contributed by atoms with Crippen molar-refractivity contribution in [2.75, 3.05) is 6.54 Å². The Labute approximate surface area is 119 Å². The Morgan fingerprint density at radius 2 is 2.30 bits per heavy atom. The minimum absolute atomic E-state index is 0.0482. The number of nitrogens with zero attached hydrogens (tertiary/aromatic N) is 3. The van der Waals surface area contributed by atoms with Crippen LogP contribution in [0, 0.1) is 11.8 Å². The zero-order valence-electron chi connectivity index (χ0n) is 10.6. The van der Waals surface area contributed by atoms with E-state index < -0.39 is 0 Å². The van der Waals surface area contributed by atoms with Gasteiger partial charge in [-0.25, -0.2) is 4.52 Å². The summed E-state index contributed by atoms with van der Waals surface area (Å²) in [5, 5.41) is 6.01. The van der Waals surface area contributed by atoms with Gasteiger partial charge in [0, 0.05) is 28.2 Å². The fourth-order valence-electron chi connectivity index (χ4n) is 1.94. The standard InChI is InChI=1S/C14H12N4OS/c15-4-1-2-11-8-12(20-10-11)9-17-6-7-18-13(14(17)19)3-5-16-18/h3,5-8,10H,4,9,15H2. The zero-order valence-corrected chi connectivity index (χ0v) is 11.4. The Hall–Kier alpha value is -2.36. The molecule has 20 heavy (non-hydrogen) atoms. The van der Waals surface area contributed by atoms with Crippen molar-refractivity contribution in [3.8, 4) is 11.8 Å². The molecule has 0 saturated carbocycles. The highest BCUT2D eigenvalue weighted by molar-refractivity contribution is 7.10. The van der Waals surface area contributed by atoms with Gasteiger partial charge >= 0.3 is 0 Å². The number of hydrogen-bond acceptors (Lipinski definition) is 4. The molecule has 0 unspecified atom stereocenters. The average Bonchev–Trinajstić information content (AvgIpc) is 3.09. The van der Waals surface area contributed by atoms with Gasteiger partial charge in [-0.1, -0.05) is 11.8 Å². The molecule has 6 heteroatoms. The summed E-state index contributed by atoms with van der Waals surface area (Å²) in [6.07, 6.45) is 5.14. The van der Waals surface area contributed by atoms with Crippen molar-refractivity contribution in [2.45, 2.75) is 6.54 Å². The van der Waals surface area contributed by atoms with Crippen LogP contribution in [0.2, 0.25) is 0 Å². The first-order chi connectivity index (χ1) is 9.78. The van der Waals surface area contributed by atoms with Gasteiger partial charge in [-0.15, -0.1) is 11.3 Å². The average molecular weight is 284 g/mol. The Morgan fingerprint density at radius 3 is 3.15 bits per heavy atom. The second kappa shape index (κ2) is 5.33. The number of fused-ring (bicyclic) bond motifs is 1. The van der Waals surface area contributed by atoms with Gasteiger partial charge in [0.1, 0.15) is 5.52 Å². The van der Waals surface area contributed by atoms with Crippen molar-refractivity contribution >= 4 is 16.9 Å². The van der Waals surface area contributed by atoms with Crippen molar-refractivity contribution < 1.29 is 0 Å². The lowest BCUT2D eigenvalue weighted by Gasteiger charge is -2.03. The van der Waals surface area contributed by atoms with Crippen molar-refractivity contribution in [1.82, 2.24) is 14.2 Å². The molecule has 3 heterocycles. The van der Waals surface area contributed by atoms with Crippen LogP contribution in [0.15, 0.2) is 40.9 Å². The molecule has 0 amide bonds. The Morgan fingerprint density at radius 1 is 1.40 bits per heavy atom. The van der Waals surface area contributed by atoms with Gasteiger partial charge in [0.25, 0.3) is 5.56 Å². The van der Waals surface area contributed by atoms with Gasteiger partial charge in [-0.3, -0.25) is 4.79 Å². The second-order valence-electron chi connectivity index (χ2n) is 4.20. The summed E-state index contributed by atoms with van der Waals surface area (Å²) in [7, 11) is 0. The molecule has 0 atom stereocenters. The van der Waals surface area contributed by atoms with Crippen LogP contribution in [-0.4, -0.2) is 20.7 Å². The van der Waals surface area contributed by atoms with Crippen molar-refractivity contribution in [3.05, 3.63) is 56.9 Å². The molecule has 0 spiro atoms. The maximum atomic E-state index is 12.2. The quantitative estimate of drug-likeness (QED) is 0.712. The number of nitrogens with two attached hydrogens (primary N) is 1. The predicted molar refractivity (Wildman–Crippen MR) is 78.8 cm³/mol. The molecule has 3 aromatic rings. The molecule has 0 aliphatic heterocycles. The molecule has 100 valence electrons. The van der Waals surface area contributed by atoms with Gasteiger partial charge in [-0.05, 0) is 12.1 Å². The molecule has 3 aromatic heterocycles. The minimum Gasteiger partial charge on any atom is -0.320 e. The van der Waals surface area contributed by atoms with Gasteiger partial charge in [0.05, 0.1) is 19.3 Å². The molecule has 0 saturated heterocycles. The van der Waals surface area contributed by atoms with E-state index in [9.17, 15) is 4.79 Å². The maximum absolute atomic E-state index is 12.2. The molecular weight excluding hydrogens is 272 g/mol. The first kappa shape index (κ1) is 12.7. The van der Waals surface area contributed by atoms with Crippen LogP contribution in [0.1, 0.15) is 10.4 Å². The topological polar surface area (TPSA) is 65.3 Å². The van der Waals surface area contributed by atoms with Crippen LogP contribution in [0.25, 0.3) is 5.52 Å². The first-order valence-electron chi connectivity index (χ1n) is 6.07. The van der Waals surface area contributed by atoms with Crippen molar-refractivity contribution in [3.63, 3.8) is 0 Å². The lowest BCUT2D eigenvalue weighted by molar-refractivity contribution is 0.751. The summed E-state index contributed by atoms with van der Waals surface area (Å²) >= 11 is 1.59. The van der Waals surface area contributed by atoms with Crippen LogP contribution in [0.5, 0.6) is 0 Å². The van der Waals surface area contributed by atoms with Crippen LogP contribution in [0.3, 0.4) is 0 Å². The summed E-state index contributed by atoms with van der Waals surface area (Å²) in [5.41, 5.74) is 6.81. The highest BCUT2D eigenvalue weighted by atomic mass is 32.1. The highest BCUT2D eigenvalue weighted by Gasteiger charge is 2.05. The third-order valence-electron chi connectivity index (χ3n) is 2.85. The molecule has 0 aromatic carbocycles. The molecule has 0 fully saturated rings. The Kier molecular flexibility index (Phi) is 3.37. The van der Waals surface area contributed by atoms with E-state index in [1.807, 2.05) is 11.4 Å². The SMILES string of the molecule is NCC#Cc1csc(Cn2ccn3nccc3c2=O)c1. The van der Waals surface area contributed by atoms with E-state index in [2.05, 4.69) is 16.9 Å². The zero-order chi connectivity index (χ0) is 13.9. The molecule has 3 rings (SSSR count). The molecular formula is C14H12N4OS. The molecule has 0 radical (unpaired) electrons. The summed E-state index contributed by atoms with van der Waals surface area (Å²) < 4.78 is 3.24. The van der Waals surface area contributed by atoms with Crippen LogP contribution in [0.4, 0.5) is 0 Å². The van der Waals surface area contributed by atoms with E-state index in [-0.39, 0.29) is 5.56 Å². The second-order valence-corrected chi connectivity index (χ2v) is 5.20. The third-order valence-corrected chi connectivity index (χ3v) is 3.77. The largest absolute Gasteiger partial charge is 0.320 e. The summed E-state index contributed by atoms with van der Waals surface area (Å²) in [6, 6.07) is 3.70. The number of rotatable bonds is 2. The van der Waals surface area contributed by atoms with Crippen LogP contribution >= 0.6 is 11.3 Å². The molecule has 0 bridgehead atoms. The third kappa shape index (κ3) is 2.37. The van der Waals surface area contributed by atoms with E-state index in [0.717, 1.165) is 10.4 Å². The smallest absolute Gasteiger partial charge is 0.276 e. The van der Waals surface area contributed by atoms with E-state index in [0.29, 0.717) is 18.6 Å². The van der Waals surface area contributed by atoms with Crippen LogP contribution < -0.4 is 11.3 Å². The van der Waals surface area contributed by atoms with Gasteiger partial charge < -0.3 is 10.3 Å². The first-order valence-corrected chi connectivity index (χ1v) is 6.95. The van der Waals surface area contributed by atoms with E-state index in [1.54, 1.807) is 45.1 Å². The van der Waals surface area contributed by atoms with Crippen molar-refractivity contribution in [1.29, 1.82) is 0 Å². The molecule has 0 aliphatic carbocycles. The monoisotopic (exact) mass is 284 g/mol. The minimum atomic E-state index is -0.0482. The number of thiophene rings is 1. The van der Waals surface area contributed by atoms with Crippen molar-refractivity contribution in [2.24, 2.45) is 5.73 Å². The predicted octanol–water partition coefficient (Wildman–Crippen LogP) is 0.916. The lowest BCUT2D eigenvalue weighted by Crippen LogP contribution is -2.21. The maximum Gasteiger partial charge on any atom is 0.276 e. The van der Waals surface area contributed by atoms with E-state index >= 15 is 0 Å². The summed E-state index contributed by atoms with van der Waals surface area (Å²) in [4.78, 5) is 13.3. The van der Waals surface area contributed by atoms with Gasteiger partial charge in [0.2, 0.25) is 0 Å². The normalized spacial score (nSPS) is 10.4. The Bertz CT molecular complexity index is 862. The summed E-state index contributed by atoms with van der Waals surface area (Å²) in [6.45, 7) is 0.887. The number of hydrogen-bond donors (Lipinski definition) is 1. The van der Waals surface area contributed by atoms with Gasteiger partial charge in [0.15, 0.2) is 0 Å². The summed E-state index contributed by atoms with van der Waals surface area (Å²) in [5.74, 6) is 5.80. The van der Waals surface area contributed by atoms with E-state index in [4.69, 9.17) is 5.73 Å². The lowest BCUT2D eigenvalue weighted by atomic mass is 10.3. The van der Waals surface area contributed by atoms with Gasteiger partial charge in [-0.2, -0.15) is 5.10 Å². The molecule has 5 nitrogen and oxygen atoms in total. The van der Waals surface area contributed by atoms with E-state index in [1.165, 1.54) is 0 Å². The Balaban J connectivity index is 1.91. The fraction of sp³-hybridized carbons (Fsp3) is 0.143. The van der Waals surface area contributed by atoms with Crippen LogP contribution in [-0.2, 0) is 6.54 Å². The molecule has 2 N–H and O–H groups in total.